The van der Waals surface area contributed by atoms with Crippen LogP contribution in [0.4, 0.5) is 18.9 Å². The fraction of sp³-hybridized carbons (Fsp3) is 0.429. The minimum Gasteiger partial charge on any atom is -0.325 e. The van der Waals surface area contributed by atoms with Crippen LogP contribution >= 0.6 is 11.8 Å². The molecule has 0 aliphatic heterocycles. The van der Waals surface area contributed by atoms with Gasteiger partial charge in [0.25, 0.3) is 0 Å². The minimum atomic E-state index is -4.46. The van der Waals surface area contributed by atoms with E-state index in [1.807, 2.05) is 0 Å². The third-order valence-corrected chi connectivity index (χ3v) is 4.27. The Hall–Kier alpha value is -1.50. The average Bonchev–Trinajstić information content (AvgIpc) is 2.40. The van der Waals surface area contributed by atoms with E-state index in [9.17, 15) is 22.8 Å². The first-order chi connectivity index (χ1) is 9.87. The van der Waals surface area contributed by atoms with Crippen LogP contribution < -0.4 is 5.32 Å². The number of para-hydroxylation sites is 1. The summed E-state index contributed by atoms with van der Waals surface area (Å²) >= 11 is -0.316. The van der Waals surface area contributed by atoms with Gasteiger partial charge in [-0.2, -0.15) is 13.2 Å². The van der Waals surface area contributed by atoms with Crippen LogP contribution in [0, 0.1) is 5.92 Å². The zero-order valence-corrected chi connectivity index (χ0v) is 11.8. The molecule has 0 spiro atoms. The van der Waals surface area contributed by atoms with Gasteiger partial charge in [0.15, 0.2) is 5.78 Å². The number of alkyl halides is 3. The van der Waals surface area contributed by atoms with Crippen molar-refractivity contribution >= 4 is 29.1 Å². The number of Topliss-reactive ketones (excluding diaryl/α,β-unsaturated/α-hetero) is 1. The Morgan fingerprint density at radius 2 is 1.86 bits per heavy atom. The summed E-state index contributed by atoms with van der Waals surface area (Å²) in [6.45, 7) is 0. The Morgan fingerprint density at radius 1 is 1.19 bits per heavy atom. The van der Waals surface area contributed by atoms with Gasteiger partial charge in [0, 0.05) is 5.69 Å². The number of carbonyl (C=O) groups excluding carboxylic acids is 2. The summed E-state index contributed by atoms with van der Waals surface area (Å²) in [7, 11) is 0. The summed E-state index contributed by atoms with van der Waals surface area (Å²) in [4.78, 5) is 24.1. The lowest BCUT2D eigenvalue weighted by Crippen LogP contribution is -2.39. The Bertz CT molecular complexity index is 519. The largest absolute Gasteiger partial charge is 0.442 e. The Labute approximate surface area is 124 Å². The highest BCUT2D eigenvalue weighted by molar-refractivity contribution is 8.01. The standard InChI is InChI=1S/C14H14F3NO2S/c15-14(16,17)21-11-8-4-7-10(12(11)19)13(20)18-9-5-2-1-3-6-9/h1-3,5-6,10-11H,4,7-8H2,(H,18,20). The van der Waals surface area contributed by atoms with E-state index in [2.05, 4.69) is 5.32 Å². The number of anilines is 1. The van der Waals surface area contributed by atoms with E-state index in [1.165, 1.54) is 0 Å². The number of hydrogen-bond donors (Lipinski definition) is 1. The number of hydrogen-bond acceptors (Lipinski definition) is 3. The average molecular weight is 317 g/mol. The molecule has 0 radical (unpaired) electrons. The summed E-state index contributed by atoms with van der Waals surface area (Å²) in [6, 6.07) is 8.54. The predicted octanol–water partition coefficient (Wildman–Crippen LogP) is 3.62. The smallest absolute Gasteiger partial charge is 0.325 e. The molecule has 1 amide bonds. The Balaban J connectivity index is 2.02. The lowest BCUT2D eigenvalue weighted by Gasteiger charge is -2.27. The number of benzene rings is 1. The van der Waals surface area contributed by atoms with Gasteiger partial charge in [-0.3, -0.25) is 9.59 Å². The molecule has 114 valence electrons. The second-order valence-corrected chi connectivity index (χ2v) is 6.06. The molecule has 2 rings (SSSR count). The molecule has 3 nitrogen and oxygen atoms in total. The normalized spacial score (nSPS) is 22.9. The highest BCUT2D eigenvalue weighted by Gasteiger charge is 2.42. The van der Waals surface area contributed by atoms with Gasteiger partial charge in [-0.25, -0.2) is 0 Å². The number of carbonyl (C=O) groups is 2. The van der Waals surface area contributed by atoms with E-state index in [4.69, 9.17) is 0 Å². The highest BCUT2D eigenvalue weighted by atomic mass is 32.2. The van der Waals surface area contributed by atoms with Crippen molar-refractivity contribution in [1.29, 1.82) is 0 Å². The van der Waals surface area contributed by atoms with Crippen molar-refractivity contribution in [2.24, 2.45) is 5.92 Å². The Kier molecular flexibility index (Phi) is 4.92. The van der Waals surface area contributed by atoms with Crippen LogP contribution in [0.3, 0.4) is 0 Å². The molecule has 1 aromatic rings. The Morgan fingerprint density at radius 3 is 2.48 bits per heavy atom. The van der Waals surface area contributed by atoms with E-state index in [-0.39, 0.29) is 18.2 Å². The van der Waals surface area contributed by atoms with E-state index in [0.717, 1.165) is 0 Å². The van der Waals surface area contributed by atoms with Gasteiger partial charge < -0.3 is 5.32 Å². The number of rotatable bonds is 3. The van der Waals surface area contributed by atoms with Crippen LogP contribution in [0.5, 0.6) is 0 Å². The molecule has 2 unspecified atom stereocenters. The zero-order valence-electron chi connectivity index (χ0n) is 11.0. The van der Waals surface area contributed by atoms with Crippen LogP contribution in [0.2, 0.25) is 0 Å². The van der Waals surface area contributed by atoms with E-state index >= 15 is 0 Å². The monoisotopic (exact) mass is 317 g/mol. The van der Waals surface area contributed by atoms with Crippen molar-refractivity contribution in [3.8, 4) is 0 Å². The first kappa shape index (κ1) is 15.9. The molecule has 7 heteroatoms. The maximum Gasteiger partial charge on any atom is 0.442 e. The number of halogens is 3. The second kappa shape index (κ2) is 6.51. The van der Waals surface area contributed by atoms with Crippen LogP contribution in [0.25, 0.3) is 0 Å². The zero-order chi connectivity index (χ0) is 15.5. The van der Waals surface area contributed by atoms with Crippen molar-refractivity contribution < 1.29 is 22.8 Å². The van der Waals surface area contributed by atoms with Gasteiger partial charge in [0.2, 0.25) is 5.91 Å². The van der Waals surface area contributed by atoms with Crippen molar-refractivity contribution in [3.05, 3.63) is 30.3 Å². The van der Waals surface area contributed by atoms with E-state index < -0.39 is 28.4 Å². The molecular formula is C14H14F3NO2S. The van der Waals surface area contributed by atoms with Crippen LogP contribution in [-0.4, -0.2) is 22.4 Å². The predicted molar refractivity (Wildman–Crippen MR) is 74.9 cm³/mol. The molecule has 1 fully saturated rings. The van der Waals surface area contributed by atoms with Crippen LogP contribution in [-0.2, 0) is 9.59 Å². The quantitative estimate of drug-likeness (QED) is 0.866. The molecular weight excluding hydrogens is 303 g/mol. The topological polar surface area (TPSA) is 46.2 Å². The van der Waals surface area contributed by atoms with Crippen molar-refractivity contribution in [1.82, 2.24) is 0 Å². The van der Waals surface area contributed by atoms with Gasteiger partial charge >= 0.3 is 5.51 Å². The van der Waals surface area contributed by atoms with Gasteiger partial charge in [-0.1, -0.05) is 24.6 Å². The first-order valence-electron chi connectivity index (χ1n) is 6.51. The minimum absolute atomic E-state index is 0.165. The fourth-order valence-corrected chi connectivity index (χ4v) is 3.19. The van der Waals surface area contributed by atoms with Crippen molar-refractivity contribution in [2.45, 2.75) is 30.0 Å². The molecule has 0 bridgehead atoms. The molecule has 1 aromatic carbocycles. The third-order valence-electron chi connectivity index (χ3n) is 3.25. The first-order valence-corrected chi connectivity index (χ1v) is 7.39. The molecule has 0 aromatic heterocycles. The van der Waals surface area contributed by atoms with Crippen LogP contribution in [0.1, 0.15) is 19.3 Å². The molecule has 21 heavy (non-hydrogen) atoms. The summed E-state index contributed by atoms with van der Waals surface area (Å²) in [5.41, 5.74) is -3.93. The van der Waals surface area contributed by atoms with E-state index in [0.29, 0.717) is 18.5 Å². The van der Waals surface area contributed by atoms with E-state index in [1.54, 1.807) is 30.3 Å². The van der Waals surface area contributed by atoms with Crippen LogP contribution in [0.15, 0.2) is 30.3 Å². The lowest BCUT2D eigenvalue weighted by molar-refractivity contribution is -0.132. The summed E-state index contributed by atoms with van der Waals surface area (Å²) in [6.07, 6.45) is 0.900. The molecule has 1 N–H and O–H groups in total. The van der Waals surface area contributed by atoms with Gasteiger partial charge in [-0.05, 0) is 36.7 Å². The fourth-order valence-electron chi connectivity index (χ4n) is 2.31. The third kappa shape index (κ3) is 4.49. The molecule has 0 heterocycles. The number of amides is 1. The number of ketones is 1. The maximum atomic E-state index is 12.4. The molecule has 0 saturated heterocycles. The summed E-state index contributed by atoms with van der Waals surface area (Å²) in [5, 5.41) is 1.40. The molecule has 1 aliphatic rings. The summed E-state index contributed by atoms with van der Waals surface area (Å²) < 4.78 is 37.2. The molecule has 1 saturated carbocycles. The van der Waals surface area contributed by atoms with Gasteiger partial charge in [0.1, 0.15) is 0 Å². The lowest BCUT2D eigenvalue weighted by atomic mass is 9.87. The van der Waals surface area contributed by atoms with Crippen molar-refractivity contribution in [2.75, 3.05) is 5.32 Å². The van der Waals surface area contributed by atoms with Gasteiger partial charge in [0.05, 0.1) is 11.2 Å². The van der Waals surface area contributed by atoms with Crippen molar-refractivity contribution in [3.63, 3.8) is 0 Å². The second-order valence-electron chi connectivity index (χ2n) is 4.79. The maximum absolute atomic E-state index is 12.4. The molecule has 1 aliphatic carbocycles. The number of nitrogens with one attached hydrogen (secondary N) is 1. The SMILES string of the molecule is O=C(Nc1ccccc1)C1CCCC(SC(F)(F)F)C1=O. The number of thioether (sulfide) groups is 1. The highest BCUT2D eigenvalue weighted by Crippen LogP contribution is 2.40. The summed E-state index contributed by atoms with van der Waals surface area (Å²) in [5.74, 6) is -2.16. The molecule has 2 atom stereocenters. The van der Waals surface area contributed by atoms with Gasteiger partial charge in [-0.15, -0.1) is 0 Å².